The van der Waals surface area contributed by atoms with E-state index in [9.17, 15) is 8.42 Å². The fourth-order valence-corrected chi connectivity index (χ4v) is 6.90. The predicted octanol–water partition coefficient (Wildman–Crippen LogP) is 3.37. The zero-order valence-corrected chi connectivity index (χ0v) is 20.9. The number of rotatable bonds is 9. The van der Waals surface area contributed by atoms with E-state index in [0.29, 0.717) is 29.9 Å². The molecule has 2 saturated heterocycles. The van der Waals surface area contributed by atoms with Crippen molar-refractivity contribution in [2.45, 2.75) is 69.9 Å². The van der Waals surface area contributed by atoms with Crippen LogP contribution in [0.25, 0.3) is 10.8 Å². The molecule has 8 heteroatoms. The summed E-state index contributed by atoms with van der Waals surface area (Å²) in [6.07, 6.45) is 8.40. The lowest BCUT2D eigenvalue weighted by atomic mass is 9.88. The summed E-state index contributed by atoms with van der Waals surface area (Å²) in [5.74, 6) is 0. The van der Waals surface area contributed by atoms with Crippen molar-refractivity contribution < 1.29 is 13.5 Å². The molecule has 2 fully saturated rings. The highest BCUT2D eigenvalue weighted by Crippen LogP contribution is 2.40. The molecule has 4 rings (SSSR count). The maximum Gasteiger partial charge on any atom is 0.241 e. The summed E-state index contributed by atoms with van der Waals surface area (Å²) in [4.78, 5) is 9.73. The standard InChI is InChI=1S/C25H38N4O3S/c1-4-28-14-11-19-6-7-20(17-28)29(19)23-8-9-24(21-10-13-26-16-22(21)23)33(31,32)27-18-25(2,3)12-5-15-30/h8-10,13,16,19-20,27,30H,4-7,11-12,14-15,17-18H2,1-3H3. The number of hydrogen-bond acceptors (Lipinski definition) is 6. The highest BCUT2D eigenvalue weighted by atomic mass is 32.2. The van der Waals surface area contributed by atoms with E-state index in [-0.39, 0.29) is 12.0 Å². The number of likely N-dealkylation sites (tertiary alicyclic amines) is 1. The molecular formula is C25H38N4O3S. The van der Waals surface area contributed by atoms with Gasteiger partial charge < -0.3 is 14.9 Å². The molecule has 33 heavy (non-hydrogen) atoms. The first-order valence-electron chi connectivity index (χ1n) is 12.2. The Morgan fingerprint density at radius 3 is 2.70 bits per heavy atom. The number of hydrogen-bond donors (Lipinski definition) is 2. The second-order valence-electron chi connectivity index (χ2n) is 10.3. The molecule has 7 nitrogen and oxygen atoms in total. The first-order chi connectivity index (χ1) is 15.8. The third-order valence-electron chi connectivity index (χ3n) is 7.39. The molecule has 0 spiro atoms. The topological polar surface area (TPSA) is 85.8 Å². The number of fused-ring (bicyclic) bond motifs is 3. The van der Waals surface area contributed by atoms with Gasteiger partial charge in [-0.3, -0.25) is 4.98 Å². The molecule has 2 N–H and O–H groups in total. The lowest BCUT2D eigenvalue weighted by Gasteiger charge is -2.32. The summed E-state index contributed by atoms with van der Waals surface area (Å²) < 4.78 is 29.5. The highest BCUT2D eigenvalue weighted by Gasteiger charge is 2.38. The van der Waals surface area contributed by atoms with E-state index in [1.54, 1.807) is 12.3 Å². The number of aromatic nitrogens is 1. The quantitative estimate of drug-likeness (QED) is 0.580. The van der Waals surface area contributed by atoms with Gasteiger partial charge in [0.15, 0.2) is 0 Å². The Hall–Kier alpha value is -1.74. The molecular weight excluding hydrogens is 436 g/mol. The van der Waals surface area contributed by atoms with E-state index in [4.69, 9.17) is 5.11 Å². The summed E-state index contributed by atoms with van der Waals surface area (Å²) in [5, 5.41) is 10.8. The molecule has 2 aliphatic heterocycles. The first-order valence-corrected chi connectivity index (χ1v) is 13.7. The zero-order valence-electron chi connectivity index (χ0n) is 20.1. The number of sulfonamides is 1. The SMILES string of the molecule is CCN1CCC2CCC(C1)N2c1ccc(S(=O)(=O)NCC(C)(C)CCCO)c2ccncc12. The summed E-state index contributed by atoms with van der Waals surface area (Å²) >= 11 is 0. The Kier molecular flexibility index (Phi) is 7.29. The van der Waals surface area contributed by atoms with E-state index in [0.717, 1.165) is 48.9 Å². The number of nitrogens with zero attached hydrogens (tertiary/aromatic N) is 3. The van der Waals surface area contributed by atoms with Gasteiger partial charge in [-0.2, -0.15) is 0 Å². The van der Waals surface area contributed by atoms with Crippen LogP contribution in [0.15, 0.2) is 35.5 Å². The van der Waals surface area contributed by atoms with Crippen molar-refractivity contribution in [2.75, 3.05) is 37.7 Å². The lowest BCUT2D eigenvalue weighted by molar-refractivity contribution is 0.242. The molecule has 0 amide bonds. The fourth-order valence-electron chi connectivity index (χ4n) is 5.45. The van der Waals surface area contributed by atoms with E-state index in [1.165, 1.54) is 12.8 Å². The second kappa shape index (κ2) is 9.86. The minimum Gasteiger partial charge on any atom is -0.396 e. The maximum absolute atomic E-state index is 13.3. The minimum absolute atomic E-state index is 0.115. The van der Waals surface area contributed by atoms with Crippen molar-refractivity contribution in [1.29, 1.82) is 0 Å². The van der Waals surface area contributed by atoms with Crippen molar-refractivity contribution in [3.8, 4) is 0 Å². The average Bonchev–Trinajstić information content (AvgIpc) is 3.09. The Morgan fingerprint density at radius 2 is 1.94 bits per heavy atom. The number of anilines is 1. The van der Waals surface area contributed by atoms with Crippen LogP contribution in [0.3, 0.4) is 0 Å². The molecule has 0 radical (unpaired) electrons. The van der Waals surface area contributed by atoms with Crippen molar-refractivity contribution in [3.05, 3.63) is 30.6 Å². The first kappa shape index (κ1) is 24.4. The van der Waals surface area contributed by atoms with E-state index < -0.39 is 10.0 Å². The Bertz CT molecular complexity index is 1070. The molecule has 2 aromatic rings. The molecule has 0 saturated carbocycles. The number of likely N-dealkylation sites (N-methyl/N-ethyl adjacent to an activating group) is 1. The summed E-state index contributed by atoms with van der Waals surface area (Å²) in [5.41, 5.74) is 0.870. The van der Waals surface area contributed by atoms with Gasteiger partial charge in [-0.1, -0.05) is 20.8 Å². The van der Waals surface area contributed by atoms with Crippen LogP contribution in [0, 0.1) is 5.41 Å². The Balaban J connectivity index is 1.66. The van der Waals surface area contributed by atoms with Crippen LogP contribution >= 0.6 is 0 Å². The van der Waals surface area contributed by atoms with Crippen LogP contribution in [0.1, 0.15) is 52.9 Å². The number of aliphatic hydroxyl groups excluding tert-OH is 1. The average molecular weight is 475 g/mol. The molecule has 2 bridgehead atoms. The third kappa shape index (κ3) is 5.19. The molecule has 182 valence electrons. The van der Waals surface area contributed by atoms with Gasteiger partial charge in [0.2, 0.25) is 10.0 Å². The minimum atomic E-state index is -3.69. The molecule has 2 aliphatic rings. The van der Waals surface area contributed by atoms with Crippen LogP contribution < -0.4 is 9.62 Å². The van der Waals surface area contributed by atoms with Crippen LogP contribution in [-0.2, 0) is 10.0 Å². The fraction of sp³-hybridized carbons (Fsp3) is 0.640. The molecule has 1 aromatic carbocycles. The number of benzene rings is 1. The molecule has 1 aromatic heterocycles. The smallest absolute Gasteiger partial charge is 0.241 e. The van der Waals surface area contributed by atoms with Crippen LogP contribution in [0.4, 0.5) is 5.69 Å². The van der Waals surface area contributed by atoms with Gasteiger partial charge in [0.05, 0.1) is 4.90 Å². The number of pyridine rings is 1. The molecule has 2 atom stereocenters. The van der Waals surface area contributed by atoms with E-state index in [2.05, 4.69) is 26.4 Å². The second-order valence-corrected chi connectivity index (χ2v) is 12.0. The van der Waals surface area contributed by atoms with Gasteiger partial charge in [-0.15, -0.1) is 0 Å². The van der Waals surface area contributed by atoms with Gasteiger partial charge >= 0.3 is 0 Å². The third-order valence-corrected chi connectivity index (χ3v) is 8.85. The van der Waals surface area contributed by atoms with E-state index >= 15 is 0 Å². The zero-order chi connectivity index (χ0) is 23.6. The van der Waals surface area contributed by atoms with Gasteiger partial charge in [-0.25, -0.2) is 13.1 Å². The Labute approximate surface area is 198 Å². The lowest BCUT2D eigenvalue weighted by Crippen LogP contribution is -2.39. The number of nitrogens with one attached hydrogen (secondary N) is 1. The van der Waals surface area contributed by atoms with Crippen LogP contribution in [-0.4, -0.2) is 68.3 Å². The van der Waals surface area contributed by atoms with Crippen LogP contribution in [0.2, 0.25) is 0 Å². The summed E-state index contributed by atoms with van der Waals surface area (Å²) in [6.45, 7) is 9.94. The molecule has 0 aliphatic carbocycles. The van der Waals surface area contributed by atoms with Crippen molar-refractivity contribution in [3.63, 3.8) is 0 Å². The van der Waals surface area contributed by atoms with Gasteiger partial charge in [0, 0.05) is 67.2 Å². The van der Waals surface area contributed by atoms with Gasteiger partial charge in [0.1, 0.15) is 0 Å². The van der Waals surface area contributed by atoms with Crippen molar-refractivity contribution in [2.24, 2.45) is 5.41 Å². The van der Waals surface area contributed by atoms with Gasteiger partial charge in [-0.05, 0) is 62.3 Å². The van der Waals surface area contributed by atoms with Crippen molar-refractivity contribution >= 4 is 26.5 Å². The predicted molar refractivity (Wildman–Crippen MR) is 133 cm³/mol. The monoisotopic (exact) mass is 474 g/mol. The molecule has 2 unspecified atom stereocenters. The van der Waals surface area contributed by atoms with E-state index in [1.807, 2.05) is 32.2 Å². The van der Waals surface area contributed by atoms with Crippen LogP contribution in [0.5, 0.6) is 0 Å². The normalized spacial score (nSPS) is 22.1. The highest BCUT2D eigenvalue weighted by molar-refractivity contribution is 7.89. The maximum atomic E-state index is 13.3. The number of aliphatic hydroxyl groups is 1. The summed E-state index contributed by atoms with van der Waals surface area (Å²) in [7, 11) is -3.69. The van der Waals surface area contributed by atoms with Crippen molar-refractivity contribution in [1.82, 2.24) is 14.6 Å². The molecule has 3 heterocycles. The summed E-state index contributed by atoms with van der Waals surface area (Å²) in [6, 6.07) is 6.52. The Morgan fingerprint density at radius 1 is 1.15 bits per heavy atom. The largest absolute Gasteiger partial charge is 0.396 e. The van der Waals surface area contributed by atoms with Gasteiger partial charge in [0.25, 0.3) is 0 Å².